The van der Waals surface area contributed by atoms with Crippen molar-refractivity contribution in [3.63, 3.8) is 0 Å². The molecule has 2 aliphatic rings. The smallest absolute Gasteiger partial charge is 0.310 e. The Bertz CT molecular complexity index is 1220. The number of rotatable bonds is 3. The maximum Gasteiger partial charge on any atom is 0.310 e. The highest BCUT2D eigenvalue weighted by Crippen LogP contribution is 2.41. The van der Waals surface area contributed by atoms with Crippen molar-refractivity contribution in [1.29, 1.82) is 0 Å². The third kappa shape index (κ3) is 2.40. The molecule has 3 aromatic rings. The minimum absolute atomic E-state index is 0.124. The van der Waals surface area contributed by atoms with E-state index in [1.54, 1.807) is 18.3 Å². The van der Waals surface area contributed by atoms with Crippen LogP contribution >= 0.6 is 11.6 Å². The Morgan fingerprint density at radius 2 is 2.18 bits per heavy atom. The maximum atomic E-state index is 12.8. The lowest BCUT2D eigenvalue weighted by molar-refractivity contribution is -0.384. The third-order valence-electron chi connectivity index (χ3n) is 4.93. The second kappa shape index (κ2) is 6.10. The highest BCUT2D eigenvalue weighted by Gasteiger charge is 2.26. The molecule has 9 nitrogen and oxygen atoms in total. The van der Waals surface area contributed by atoms with E-state index in [0.29, 0.717) is 51.6 Å². The molecule has 0 amide bonds. The summed E-state index contributed by atoms with van der Waals surface area (Å²) in [4.78, 5) is 28.1. The van der Waals surface area contributed by atoms with Crippen molar-refractivity contribution in [2.75, 3.05) is 18.7 Å². The molecule has 0 unspecified atom stereocenters. The summed E-state index contributed by atoms with van der Waals surface area (Å²) in [7, 11) is 0. The van der Waals surface area contributed by atoms with E-state index in [1.165, 1.54) is 10.6 Å². The van der Waals surface area contributed by atoms with E-state index in [4.69, 9.17) is 21.1 Å². The van der Waals surface area contributed by atoms with Crippen molar-refractivity contribution >= 4 is 34.0 Å². The predicted molar refractivity (Wildman–Crippen MR) is 102 cm³/mol. The summed E-state index contributed by atoms with van der Waals surface area (Å²) in [5, 5.41) is 15.4. The Hall–Kier alpha value is -3.33. The van der Waals surface area contributed by atoms with E-state index in [1.807, 2.05) is 0 Å². The lowest BCUT2D eigenvalue weighted by Crippen LogP contribution is -2.23. The molecular formula is C18H13ClN4O5. The van der Waals surface area contributed by atoms with Crippen LogP contribution in [0.1, 0.15) is 11.1 Å². The Morgan fingerprint density at radius 1 is 1.32 bits per heavy atom. The normalized spacial score (nSPS) is 14.2. The second-order valence-electron chi connectivity index (χ2n) is 6.51. The molecule has 0 bridgehead atoms. The number of fused-ring (bicyclic) bond motifs is 4. The van der Waals surface area contributed by atoms with Crippen LogP contribution in [0.2, 0.25) is 5.02 Å². The molecule has 2 aliphatic heterocycles. The lowest BCUT2D eigenvalue weighted by Gasteiger charge is -2.10. The van der Waals surface area contributed by atoms with Gasteiger partial charge < -0.3 is 14.8 Å². The average Bonchev–Trinajstić information content (AvgIpc) is 3.35. The highest BCUT2D eigenvalue weighted by molar-refractivity contribution is 6.36. The summed E-state index contributed by atoms with van der Waals surface area (Å²) in [6.07, 6.45) is 1.70. The first-order valence-electron chi connectivity index (χ1n) is 8.55. The van der Waals surface area contributed by atoms with E-state index in [0.717, 1.165) is 0 Å². The lowest BCUT2D eigenvalue weighted by atomic mass is 10.0. The zero-order valence-electron chi connectivity index (χ0n) is 14.4. The number of benzene rings is 1. The Kier molecular flexibility index (Phi) is 3.66. The average molecular weight is 401 g/mol. The largest absolute Gasteiger partial charge is 0.454 e. The number of halogens is 1. The summed E-state index contributed by atoms with van der Waals surface area (Å²) in [5.74, 6) is 1.38. The van der Waals surface area contributed by atoms with Crippen molar-refractivity contribution in [2.45, 2.75) is 13.0 Å². The summed E-state index contributed by atoms with van der Waals surface area (Å²) < 4.78 is 12.2. The number of anilines is 1. The van der Waals surface area contributed by atoms with Crippen LogP contribution in [-0.4, -0.2) is 27.8 Å². The molecule has 0 atom stereocenters. The summed E-state index contributed by atoms with van der Waals surface area (Å²) in [6.45, 7) is 0.986. The van der Waals surface area contributed by atoms with Gasteiger partial charge in [-0.15, -0.1) is 0 Å². The quantitative estimate of drug-likeness (QED) is 0.531. The SMILES string of the molecule is O=c1c(Cc2cnc3c4c(ccc3c2Cl)OCO4)cc([N+](=O)[O-])c2n1CCN2. The van der Waals surface area contributed by atoms with Gasteiger partial charge in [0.05, 0.1) is 9.95 Å². The number of aromatic nitrogens is 2. The van der Waals surface area contributed by atoms with Gasteiger partial charge in [-0.2, -0.15) is 0 Å². The molecule has 28 heavy (non-hydrogen) atoms. The van der Waals surface area contributed by atoms with Crippen molar-refractivity contribution in [3.8, 4) is 11.5 Å². The molecule has 5 rings (SSSR count). The van der Waals surface area contributed by atoms with E-state index < -0.39 is 4.92 Å². The first-order valence-corrected chi connectivity index (χ1v) is 8.93. The first-order chi connectivity index (χ1) is 13.5. The van der Waals surface area contributed by atoms with Gasteiger partial charge in [-0.1, -0.05) is 11.6 Å². The highest BCUT2D eigenvalue weighted by atomic mass is 35.5. The van der Waals surface area contributed by atoms with Crippen LogP contribution in [0.25, 0.3) is 10.9 Å². The number of hydrogen-bond donors (Lipinski definition) is 1. The topological polar surface area (TPSA) is 109 Å². The molecule has 1 aromatic carbocycles. The monoisotopic (exact) mass is 400 g/mol. The van der Waals surface area contributed by atoms with E-state index in [2.05, 4.69) is 10.3 Å². The van der Waals surface area contributed by atoms with Gasteiger partial charge in [0, 0.05) is 42.7 Å². The van der Waals surface area contributed by atoms with Crippen LogP contribution in [0.3, 0.4) is 0 Å². The van der Waals surface area contributed by atoms with E-state index in [-0.39, 0.29) is 30.3 Å². The van der Waals surface area contributed by atoms with Crippen LogP contribution in [0.4, 0.5) is 11.5 Å². The van der Waals surface area contributed by atoms with Crippen LogP contribution in [0, 0.1) is 10.1 Å². The van der Waals surface area contributed by atoms with Crippen LogP contribution < -0.4 is 20.3 Å². The summed E-state index contributed by atoms with van der Waals surface area (Å²) in [5.41, 5.74) is 1.08. The van der Waals surface area contributed by atoms with Crippen LogP contribution in [0.5, 0.6) is 11.5 Å². The van der Waals surface area contributed by atoms with E-state index in [9.17, 15) is 14.9 Å². The maximum absolute atomic E-state index is 12.8. The molecule has 142 valence electrons. The second-order valence-corrected chi connectivity index (χ2v) is 6.89. The Balaban J connectivity index is 1.62. The fourth-order valence-corrected chi connectivity index (χ4v) is 3.89. The van der Waals surface area contributed by atoms with Crippen molar-refractivity contribution in [3.05, 3.63) is 61.0 Å². The van der Waals surface area contributed by atoms with Gasteiger partial charge in [-0.3, -0.25) is 24.5 Å². The van der Waals surface area contributed by atoms with Crippen molar-refractivity contribution in [1.82, 2.24) is 9.55 Å². The van der Waals surface area contributed by atoms with Gasteiger partial charge in [0.1, 0.15) is 5.52 Å². The molecule has 10 heteroatoms. The summed E-state index contributed by atoms with van der Waals surface area (Å²) in [6, 6.07) is 4.85. The van der Waals surface area contributed by atoms with Gasteiger partial charge in [-0.05, 0) is 17.7 Å². The molecule has 0 radical (unpaired) electrons. The predicted octanol–water partition coefficient (Wildman–Crippen LogP) is 2.70. The summed E-state index contributed by atoms with van der Waals surface area (Å²) >= 11 is 6.57. The minimum Gasteiger partial charge on any atom is -0.454 e. The Morgan fingerprint density at radius 3 is 3.00 bits per heavy atom. The first kappa shape index (κ1) is 16.8. The number of nitrogens with zero attached hydrogens (tertiary/aromatic N) is 3. The van der Waals surface area contributed by atoms with Crippen LogP contribution in [-0.2, 0) is 13.0 Å². The fraction of sp³-hybridized carbons (Fsp3) is 0.222. The van der Waals surface area contributed by atoms with E-state index >= 15 is 0 Å². The number of pyridine rings is 2. The molecule has 0 saturated carbocycles. The number of hydrogen-bond acceptors (Lipinski definition) is 7. The molecule has 1 N–H and O–H groups in total. The zero-order valence-corrected chi connectivity index (χ0v) is 15.2. The van der Waals surface area contributed by atoms with Gasteiger partial charge in [0.25, 0.3) is 5.56 Å². The van der Waals surface area contributed by atoms with Gasteiger partial charge in [0.2, 0.25) is 6.79 Å². The number of nitrogens with one attached hydrogen (secondary N) is 1. The molecule has 0 fully saturated rings. The van der Waals surface area contributed by atoms with Crippen LogP contribution in [0.15, 0.2) is 29.2 Å². The van der Waals surface area contributed by atoms with Crippen molar-refractivity contribution < 1.29 is 14.4 Å². The third-order valence-corrected chi connectivity index (χ3v) is 5.38. The van der Waals surface area contributed by atoms with Crippen molar-refractivity contribution in [2.24, 2.45) is 0 Å². The zero-order chi connectivity index (χ0) is 19.4. The fourth-order valence-electron chi connectivity index (χ4n) is 3.62. The molecule has 2 aromatic heterocycles. The number of ether oxygens (including phenoxy) is 2. The molecule has 0 spiro atoms. The molecule has 0 aliphatic carbocycles. The van der Waals surface area contributed by atoms with Gasteiger partial charge in [-0.25, -0.2) is 0 Å². The Labute approximate surface area is 162 Å². The minimum atomic E-state index is -0.492. The van der Waals surface area contributed by atoms with Gasteiger partial charge >= 0.3 is 5.69 Å². The van der Waals surface area contributed by atoms with Gasteiger partial charge in [0.15, 0.2) is 17.3 Å². The molecular weight excluding hydrogens is 388 g/mol. The number of nitro groups is 1. The standard InChI is InChI=1S/C18H13ClN4O5/c19-14-10(7-21-15-11(14)1-2-13-16(15)28-8-27-13)5-9-6-12(23(25)26)17-20-3-4-22(17)18(9)24/h1-2,6-7,20H,3-5,8H2. The molecule has 0 saturated heterocycles. The molecule has 4 heterocycles.